The van der Waals surface area contributed by atoms with E-state index in [1.807, 2.05) is 18.0 Å². The van der Waals surface area contributed by atoms with Gasteiger partial charge in [0.1, 0.15) is 5.75 Å². The fourth-order valence-electron chi connectivity index (χ4n) is 3.00. The number of ether oxygens (including phenoxy) is 2. The topological polar surface area (TPSA) is 62.8 Å². The Labute approximate surface area is 158 Å². The molecular formula is C18H17F4N3O3. The van der Waals surface area contributed by atoms with Gasteiger partial charge in [-0.1, -0.05) is 0 Å². The van der Waals surface area contributed by atoms with E-state index in [-0.39, 0.29) is 12.1 Å². The molecule has 0 saturated heterocycles. The van der Waals surface area contributed by atoms with Crippen LogP contribution in [0.3, 0.4) is 0 Å². The summed E-state index contributed by atoms with van der Waals surface area (Å²) in [7, 11) is 3.35. The van der Waals surface area contributed by atoms with Crippen LogP contribution < -0.4 is 25.0 Å². The summed E-state index contributed by atoms with van der Waals surface area (Å²) in [6.45, 7) is -2.79. The Morgan fingerprint density at radius 2 is 1.96 bits per heavy atom. The molecule has 0 radical (unpaired) electrons. The summed E-state index contributed by atoms with van der Waals surface area (Å²) >= 11 is 0. The summed E-state index contributed by atoms with van der Waals surface area (Å²) in [6, 6.07) is 4.85. The SMILES string of the molecule is COc1ccc2c(c1CNC(=O)c1cc(F)c(OC(F)F)c(F)c1)N(C)CN2. The third-order valence-corrected chi connectivity index (χ3v) is 4.24. The van der Waals surface area contributed by atoms with Crippen LogP contribution in [0.25, 0.3) is 0 Å². The van der Waals surface area contributed by atoms with E-state index >= 15 is 0 Å². The average molecular weight is 399 g/mol. The lowest BCUT2D eigenvalue weighted by atomic mass is 10.1. The molecule has 0 aliphatic carbocycles. The third kappa shape index (κ3) is 3.75. The molecule has 1 heterocycles. The van der Waals surface area contributed by atoms with E-state index in [4.69, 9.17) is 4.74 Å². The van der Waals surface area contributed by atoms with Gasteiger partial charge in [-0.3, -0.25) is 4.79 Å². The zero-order valence-electron chi connectivity index (χ0n) is 15.0. The van der Waals surface area contributed by atoms with Gasteiger partial charge in [-0.15, -0.1) is 0 Å². The van der Waals surface area contributed by atoms with Gasteiger partial charge in [-0.25, -0.2) is 8.78 Å². The van der Waals surface area contributed by atoms with Crippen LogP contribution in [-0.2, 0) is 6.54 Å². The zero-order chi connectivity index (χ0) is 20.4. The molecular weight excluding hydrogens is 382 g/mol. The highest BCUT2D eigenvalue weighted by Gasteiger charge is 2.23. The number of rotatable bonds is 6. The van der Waals surface area contributed by atoms with Gasteiger partial charge in [0.05, 0.1) is 25.2 Å². The van der Waals surface area contributed by atoms with Crippen molar-refractivity contribution < 1.29 is 31.8 Å². The number of methoxy groups -OCH3 is 1. The number of hydrogen-bond donors (Lipinski definition) is 2. The normalized spacial score (nSPS) is 12.6. The van der Waals surface area contributed by atoms with Crippen molar-refractivity contribution in [1.29, 1.82) is 0 Å². The minimum absolute atomic E-state index is 0.0235. The van der Waals surface area contributed by atoms with Crippen LogP contribution in [0.1, 0.15) is 15.9 Å². The molecule has 1 amide bonds. The number of benzene rings is 2. The van der Waals surface area contributed by atoms with Gasteiger partial charge in [0.25, 0.3) is 5.91 Å². The van der Waals surface area contributed by atoms with E-state index in [9.17, 15) is 22.4 Å². The number of amides is 1. The van der Waals surface area contributed by atoms with Crippen molar-refractivity contribution in [1.82, 2.24) is 5.32 Å². The largest absolute Gasteiger partial charge is 0.496 e. The van der Waals surface area contributed by atoms with E-state index in [0.29, 0.717) is 30.1 Å². The molecule has 1 aliphatic heterocycles. The summed E-state index contributed by atoms with van der Waals surface area (Å²) in [5.74, 6) is -4.27. The van der Waals surface area contributed by atoms with Crippen LogP contribution in [0, 0.1) is 11.6 Å². The van der Waals surface area contributed by atoms with Crippen molar-refractivity contribution in [3.05, 3.63) is 47.0 Å². The van der Waals surface area contributed by atoms with Crippen molar-refractivity contribution in [3.8, 4) is 11.5 Å². The lowest BCUT2D eigenvalue weighted by molar-refractivity contribution is -0.0546. The number of hydrogen-bond acceptors (Lipinski definition) is 5. The van der Waals surface area contributed by atoms with Gasteiger partial charge < -0.3 is 25.0 Å². The maximum Gasteiger partial charge on any atom is 0.387 e. The number of anilines is 2. The third-order valence-electron chi connectivity index (χ3n) is 4.24. The summed E-state index contributed by atoms with van der Waals surface area (Å²) in [5.41, 5.74) is 2.00. The molecule has 0 bridgehead atoms. The van der Waals surface area contributed by atoms with E-state index in [0.717, 1.165) is 11.4 Å². The predicted octanol–water partition coefficient (Wildman–Crippen LogP) is 3.32. The fraction of sp³-hybridized carbons (Fsp3) is 0.278. The minimum atomic E-state index is -3.39. The maximum atomic E-state index is 13.8. The van der Waals surface area contributed by atoms with E-state index < -0.39 is 29.9 Å². The number of halogens is 4. The first-order valence-corrected chi connectivity index (χ1v) is 8.18. The number of nitrogens with one attached hydrogen (secondary N) is 2. The molecule has 0 spiro atoms. The van der Waals surface area contributed by atoms with Crippen molar-refractivity contribution in [2.45, 2.75) is 13.2 Å². The molecule has 2 aromatic carbocycles. The second-order valence-electron chi connectivity index (χ2n) is 6.01. The van der Waals surface area contributed by atoms with E-state index in [1.54, 1.807) is 6.07 Å². The lowest BCUT2D eigenvalue weighted by Crippen LogP contribution is -2.25. The second-order valence-corrected chi connectivity index (χ2v) is 6.01. The summed E-state index contributed by atoms with van der Waals surface area (Å²) in [6.07, 6.45) is 0. The molecule has 0 fully saturated rings. The first-order valence-electron chi connectivity index (χ1n) is 8.18. The van der Waals surface area contributed by atoms with Gasteiger partial charge in [0.2, 0.25) is 0 Å². The molecule has 150 valence electrons. The Bertz CT molecular complexity index is 885. The Morgan fingerprint density at radius 3 is 2.57 bits per heavy atom. The van der Waals surface area contributed by atoms with Crippen molar-refractivity contribution in [3.63, 3.8) is 0 Å². The first kappa shape index (κ1) is 19.6. The average Bonchev–Trinajstić information content (AvgIpc) is 3.03. The Kier molecular flexibility index (Phi) is 5.48. The second kappa shape index (κ2) is 7.83. The van der Waals surface area contributed by atoms with Crippen LogP contribution in [-0.4, -0.2) is 33.3 Å². The van der Waals surface area contributed by atoms with Crippen molar-refractivity contribution in [2.75, 3.05) is 31.0 Å². The molecule has 0 unspecified atom stereocenters. The quantitative estimate of drug-likeness (QED) is 0.730. The molecule has 0 atom stereocenters. The summed E-state index contributed by atoms with van der Waals surface area (Å²) in [4.78, 5) is 14.3. The summed E-state index contributed by atoms with van der Waals surface area (Å²) < 4.78 is 61.2. The molecule has 6 nitrogen and oxygen atoms in total. The maximum absolute atomic E-state index is 13.8. The molecule has 0 saturated carbocycles. The molecule has 10 heteroatoms. The number of carbonyl (C=O) groups is 1. The molecule has 28 heavy (non-hydrogen) atoms. The van der Waals surface area contributed by atoms with E-state index in [1.165, 1.54) is 7.11 Å². The molecule has 3 rings (SSSR count). The van der Waals surface area contributed by atoms with Crippen LogP contribution in [0.5, 0.6) is 11.5 Å². The summed E-state index contributed by atoms with van der Waals surface area (Å²) in [5, 5.41) is 5.74. The molecule has 2 N–H and O–H groups in total. The molecule has 0 aromatic heterocycles. The molecule has 1 aliphatic rings. The van der Waals surface area contributed by atoms with Crippen LogP contribution in [0.15, 0.2) is 24.3 Å². The Balaban J connectivity index is 1.81. The van der Waals surface area contributed by atoms with Gasteiger partial charge in [0.15, 0.2) is 17.4 Å². The van der Waals surface area contributed by atoms with Gasteiger partial charge in [0, 0.05) is 24.7 Å². The highest BCUT2D eigenvalue weighted by molar-refractivity contribution is 5.94. The van der Waals surface area contributed by atoms with Crippen LogP contribution >= 0.6 is 0 Å². The highest BCUT2D eigenvalue weighted by Crippen LogP contribution is 2.39. The Morgan fingerprint density at radius 1 is 1.29 bits per heavy atom. The zero-order valence-corrected chi connectivity index (χ0v) is 15.0. The Hall–Kier alpha value is -3.17. The van der Waals surface area contributed by atoms with Crippen molar-refractivity contribution in [2.24, 2.45) is 0 Å². The number of nitrogens with zero attached hydrogens (tertiary/aromatic N) is 1. The smallest absolute Gasteiger partial charge is 0.387 e. The highest BCUT2D eigenvalue weighted by atomic mass is 19.3. The van der Waals surface area contributed by atoms with E-state index in [2.05, 4.69) is 15.4 Å². The fourth-order valence-corrected chi connectivity index (χ4v) is 3.00. The van der Waals surface area contributed by atoms with Gasteiger partial charge in [-0.05, 0) is 24.3 Å². The monoisotopic (exact) mass is 399 g/mol. The number of alkyl halides is 2. The number of carbonyl (C=O) groups excluding carboxylic acids is 1. The van der Waals surface area contributed by atoms with Crippen molar-refractivity contribution >= 4 is 17.3 Å². The molecule has 2 aromatic rings. The number of fused-ring (bicyclic) bond motifs is 1. The van der Waals surface area contributed by atoms with Crippen LogP contribution in [0.4, 0.5) is 28.9 Å². The standard InChI is InChI=1S/C18H17F4N3O3/c1-25-8-24-13-3-4-14(27-2)10(15(13)25)7-23-17(26)9-5-11(19)16(12(20)6-9)28-18(21)22/h3-6,18,24H,7-8H2,1-2H3,(H,23,26). The van der Waals surface area contributed by atoms with Gasteiger partial charge in [-0.2, -0.15) is 8.78 Å². The first-order chi connectivity index (χ1) is 13.3. The van der Waals surface area contributed by atoms with Crippen LogP contribution in [0.2, 0.25) is 0 Å². The van der Waals surface area contributed by atoms with Gasteiger partial charge >= 0.3 is 6.61 Å². The predicted molar refractivity (Wildman–Crippen MR) is 94.0 cm³/mol. The lowest BCUT2D eigenvalue weighted by Gasteiger charge is -2.18. The minimum Gasteiger partial charge on any atom is -0.496 e.